The van der Waals surface area contributed by atoms with Crippen LogP contribution >= 0.6 is 0 Å². The maximum Gasteiger partial charge on any atom is 0.166 e. The van der Waals surface area contributed by atoms with Gasteiger partial charge < -0.3 is 0 Å². The Morgan fingerprint density at radius 3 is 2.06 bits per heavy atom. The van der Waals surface area contributed by atoms with Gasteiger partial charge in [0.2, 0.25) is 0 Å². The second-order valence-corrected chi connectivity index (χ2v) is 4.86. The largest absolute Gasteiger partial charge is 0.294 e. The van der Waals surface area contributed by atoms with E-state index < -0.39 is 0 Å². The van der Waals surface area contributed by atoms with Gasteiger partial charge in [-0.1, -0.05) is 38.2 Å². The lowest BCUT2D eigenvalue weighted by molar-refractivity contribution is -0.127. The summed E-state index contributed by atoms with van der Waals surface area (Å²) in [7, 11) is 0. The van der Waals surface area contributed by atoms with Crippen LogP contribution in [-0.4, -0.2) is 11.6 Å². The van der Waals surface area contributed by atoms with E-state index in [9.17, 15) is 9.59 Å². The van der Waals surface area contributed by atoms with E-state index in [1.54, 1.807) is 12.2 Å². The molecule has 0 N–H and O–H groups in total. The van der Waals surface area contributed by atoms with E-state index in [0.717, 1.165) is 0 Å². The quantitative estimate of drug-likeness (QED) is 0.405. The van der Waals surface area contributed by atoms with Crippen LogP contribution in [0.2, 0.25) is 0 Å². The van der Waals surface area contributed by atoms with Crippen LogP contribution in [0.4, 0.5) is 0 Å². The minimum Gasteiger partial charge on any atom is -0.294 e. The molecule has 0 aromatic rings. The molecule has 16 heavy (non-hydrogen) atoms. The minimum absolute atomic E-state index is 0.0358. The van der Waals surface area contributed by atoms with E-state index in [1.165, 1.54) is 0 Å². The first kappa shape index (κ1) is 12.6. The van der Waals surface area contributed by atoms with Gasteiger partial charge >= 0.3 is 0 Å². The zero-order chi connectivity index (χ0) is 12.2. The van der Waals surface area contributed by atoms with E-state index in [-0.39, 0.29) is 17.0 Å². The average molecular weight is 218 g/mol. The summed E-state index contributed by atoms with van der Waals surface area (Å²) < 4.78 is 0. The van der Waals surface area contributed by atoms with Crippen molar-refractivity contribution in [3.05, 3.63) is 36.0 Å². The van der Waals surface area contributed by atoms with E-state index in [2.05, 4.69) is 0 Å². The standard InChI is InChI=1S/C14H18O2/c1-4-5-6-7-8-11-12(15)9-14(2,3)10-13(11)16/h4-8H,9-10H2,1-3H3/b5-4+,7-6+. The van der Waals surface area contributed by atoms with Crippen molar-refractivity contribution in [3.8, 4) is 0 Å². The monoisotopic (exact) mass is 218 g/mol. The van der Waals surface area contributed by atoms with Gasteiger partial charge in [0.25, 0.3) is 0 Å². The molecule has 1 saturated carbocycles. The summed E-state index contributed by atoms with van der Waals surface area (Å²) in [5.41, 5.74) is 0.165. The molecular weight excluding hydrogens is 200 g/mol. The predicted octanol–water partition coefficient (Wildman–Crippen LogP) is 3.00. The van der Waals surface area contributed by atoms with Crippen LogP contribution in [0, 0.1) is 5.41 Å². The molecule has 1 fully saturated rings. The second kappa shape index (κ2) is 5.06. The highest BCUT2D eigenvalue weighted by Gasteiger charge is 2.34. The molecule has 0 heterocycles. The Balaban J connectivity index is 2.83. The molecule has 0 aliphatic heterocycles. The van der Waals surface area contributed by atoms with Gasteiger partial charge in [-0.15, -0.1) is 0 Å². The fourth-order valence-corrected chi connectivity index (χ4v) is 1.79. The van der Waals surface area contributed by atoms with Crippen molar-refractivity contribution in [2.75, 3.05) is 0 Å². The highest BCUT2D eigenvalue weighted by atomic mass is 16.1. The van der Waals surface area contributed by atoms with Crippen molar-refractivity contribution in [1.29, 1.82) is 0 Å². The van der Waals surface area contributed by atoms with E-state index in [0.29, 0.717) is 18.4 Å². The van der Waals surface area contributed by atoms with Gasteiger partial charge in [0.05, 0.1) is 5.57 Å². The summed E-state index contributed by atoms with van der Waals surface area (Å²) >= 11 is 0. The van der Waals surface area contributed by atoms with E-state index in [1.807, 2.05) is 39.0 Å². The Hall–Kier alpha value is -1.44. The van der Waals surface area contributed by atoms with Crippen molar-refractivity contribution in [1.82, 2.24) is 0 Å². The van der Waals surface area contributed by atoms with Gasteiger partial charge in [0.1, 0.15) is 0 Å². The lowest BCUT2D eigenvalue weighted by atomic mass is 9.74. The van der Waals surface area contributed by atoms with Crippen LogP contribution in [-0.2, 0) is 9.59 Å². The molecular formula is C14H18O2. The van der Waals surface area contributed by atoms with E-state index in [4.69, 9.17) is 0 Å². The number of carbonyl (C=O) groups is 2. The topological polar surface area (TPSA) is 34.1 Å². The summed E-state index contributed by atoms with van der Waals surface area (Å²) in [6, 6.07) is 0. The van der Waals surface area contributed by atoms with Gasteiger partial charge in [0.15, 0.2) is 11.6 Å². The molecule has 0 saturated heterocycles. The lowest BCUT2D eigenvalue weighted by Gasteiger charge is -2.28. The normalized spacial score (nSPS) is 21.1. The van der Waals surface area contributed by atoms with Crippen LogP contribution in [0.25, 0.3) is 0 Å². The first-order valence-corrected chi connectivity index (χ1v) is 5.52. The van der Waals surface area contributed by atoms with Gasteiger partial charge in [-0.25, -0.2) is 0 Å². The Morgan fingerprint density at radius 1 is 1.00 bits per heavy atom. The smallest absolute Gasteiger partial charge is 0.166 e. The summed E-state index contributed by atoms with van der Waals surface area (Å²) in [6.45, 7) is 5.82. The molecule has 0 aromatic carbocycles. The zero-order valence-corrected chi connectivity index (χ0v) is 10.1. The molecule has 0 unspecified atom stereocenters. The molecule has 2 heteroatoms. The maximum absolute atomic E-state index is 11.7. The third-order valence-electron chi connectivity index (χ3n) is 2.56. The lowest BCUT2D eigenvalue weighted by Crippen LogP contribution is -2.31. The Labute approximate surface area is 96.7 Å². The fraction of sp³-hybridized carbons (Fsp3) is 0.429. The Kier molecular flexibility index (Phi) is 3.99. The van der Waals surface area contributed by atoms with Gasteiger partial charge in [0, 0.05) is 12.8 Å². The van der Waals surface area contributed by atoms with Crippen molar-refractivity contribution in [3.63, 3.8) is 0 Å². The molecule has 0 aromatic heterocycles. The SMILES string of the molecule is C/C=C/C=C/C=C1C(=O)CC(C)(C)CC1=O. The van der Waals surface area contributed by atoms with Crippen LogP contribution in [0.5, 0.6) is 0 Å². The summed E-state index contributed by atoms with van der Waals surface area (Å²) in [4.78, 5) is 23.5. The molecule has 1 aliphatic carbocycles. The number of carbonyl (C=O) groups excluding carboxylic acids is 2. The van der Waals surface area contributed by atoms with Crippen molar-refractivity contribution in [2.45, 2.75) is 33.6 Å². The highest BCUT2D eigenvalue weighted by molar-refractivity contribution is 6.22. The van der Waals surface area contributed by atoms with E-state index >= 15 is 0 Å². The molecule has 1 rings (SSSR count). The second-order valence-electron chi connectivity index (χ2n) is 4.86. The van der Waals surface area contributed by atoms with Crippen LogP contribution in [0.15, 0.2) is 36.0 Å². The van der Waals surface area contributed by atoms with Crippen LogP contribution in [0.1, 0.15) is 33.6 Å². The number of allylic oxidation sites excluding steroid dienone is 6. The first-order valence-electron chi connectivity index (χ1n) is 5.52. The van der Waals surface area contributed by atoms with Crippen molar-refractivity contribution >= 4 is 11.6 Å². The third-order valence-corrected chi connectivity index (χ3v) is 2.56. The van der Waals surface area contributed by atoms with Crippen molar-refractivity contribution < 1.29 is 9.59 Å². The van der Waals surface area contributed by atoms with Crippen LogP contribution < -0.4 is 0 Å². The number of rotatable bonds is 2. The third kappa shape index (κ3) is 3.30. The van der Waals surface area contributed by atoms with Gasteiger partial charge in [-0.3, -0.25) is 9.59 Å². The van der Waals surface area contributed by atoms with Gasteiger partial charge in [-0.05, 0) is 18.4 Å². The molecule has 0 spiro atoms. The molecule has 0 atom stereocenters. The maximum atomic E-state index is 11.7. The summed E-state index contributed by atoms with van der Waals surface area (Å²) in [5, 5.41) is 0. The highest BCUT2D eigenvalue weighted by Crippen LogP contribution is 2.33. The van der Waals surface area contributed by atoms with Crippen LogP contribution in [0.3, 0.4) is 0 Å². The number of hydrogen-bond donors (Lipinski definition) is 0. The Bertz CT molecular complexity index is 360. The number of Topliss-reactive ketones (excluding diaryl/α,β-unsaturated/α-hetero) is 2. The number of hydrogen-bond acceptors (Lipinski definition) is 2. The van der Waals surface area contributed by atoms with Crippen molar-refractivity contribution in [2.24, 2.45) is 5.41 Å². The average Bonchev–Trinajstić information content (AvgIpc) is 2.13. The molecule has 0 bridgehead atoms. The summed E-state index contributed by atoms with van der Waals surface area (Å²) in [5.74, 6) is -0.0715. The molecule has 1 aliphatic rings. The molecule has 2 nitrogen and oxygen atoms in total. The molecule has 86 valence electrons. The minimum atomic E-state index is -0.182. The Morgan fingerprint density at radius 2 is 1.56 bits per heavy atom. The molecule has 0 radical (unpaired) electrons. The zero-order valence-electron chi connectivity index (χ0n) is 10.1. The molecule has 0 amide bonds. The van der Waals surface area contributed by atoms with Gasteiger partial charge in [-0.2, -0.15) is 0 Å². The number of ketones is 2. The first-order chi connectivity index (χ1) is 7.46. The predicted molar refractivity (Wildman–Crippen MR) is 65.1 cm³/mol. The fourth-order valence-electron chi connectivity index (χ4n) is 1.79. The summed E-state index contributed by atoms with van der Waals surface area (Å²) in [6.07, 6.45) is 9.85.